The van der Waals surface area contributed by atoms with Crippen molar-refractivity contribution in [3.8, 4) is 0 Å². The first kappa shape index (κ1) is 12.3. The molecule has 2 fully saturated rings. The van der Waals surface area contributed by atoms with Gasteiger partial charge in [0.15, 0.2) is 0 Å². The predicted octanol–water partition coefficient (Wildman–Crippen LogP) is 1.28. The van der Waals surface area contributed by atoms with Crippen molar-refractivity contribution >= 4 is 0 Å². The van der Waals surface area contributed by atoms with Crippen LogP contribution in [0.4, 0.5) is 0 Å². The zero-order valence-corrected chi connectivity index (χ0v) is 11.2. The zero-order valence-electron chi connectivity index (χ0n) is 11.2. The summed E-state index contributed by atoms with van der Waals surface area (Å²) in [5.74, 6) is 0. The Balaban J connectivity index is 2.18. The highest BCUT2D eigenvalue weighted by atomic mass is 15.3. The molecule has 2 saturated heterocycles. The molecule has 2 rings (SSSR count). The summed E-state index contributed by atoms with van der Waals surface area (Å²) in [5, 5.41) is 0. The van der Waals surface area contributed by atoms with Gasteiger partial charge in [0.25, 0.3) is 0 Å². The van der Waals surface area contributed by atoms with Gasteiger partial charge in [0.2, 0.25) is 0 Å². The van der Waals surface area contributed by atoms with E-state index in [1.807, 2.05) is 0 Å². The summed E-state index contributed by atoms with van der Waals surface area (Å²) in [6.07, 6.45) is 5.25. The zero-order chi connectivity index (χ0) is 11.9. The highest BCUT2D eigenvalue weighted by Gasteiger charge is 2.48. The van der Waals surface area contributed by atoms with Crippen LogP contribution < -0.4 is 5.73 Å². The summed E-state index contributed by atoms with van der Waals surface area (Å²) in [7, 11) is 4.54. The molecule has 2 atom stereocenters. The lowest BCUT2D eigenvalue weighted by atomic mass is 9.81. The van der Waals surface area contributed by atoms with Crippen LogP contribution in [0, 0.1) is 0 Å². The Morgan fingerprint density at radius 2 is 1.81 bits per heavy atom. The molecule has 2 aliphatic rings. The van der Waals surface area contributed by atoms with Gasteiger partial charge in [0.1, 0.15) is 0 Å². The monoisotopic (exact) mass is 225 g/mol. The summed E-state index contributed by atoms with van der Waals surface area (Å²) < 4.78 is 0. The molecule has 3 heteroatoms. The Morgan fingerprint density at radius 3 is 2.19 bits per heavy atom. The van der Waals surface area contributed by atoms with E-state index in [-0.39, 0.29) is 5.54 Å². The lowest BCUT2D eigenvalue weighted by Crippen LogP contribution is -2.62. The molecule has 2 bridgehead atoms. The number of likely N-dealkylation sites (N-methyl/N-ethyl adjacent to an activating group) is 1. The maximum absolute atomic E-state index is 6.11. The van der Waals surface area contributed by atoms with Crippen LogP contribution in [0.1, 0.15) is 39.5 Å². The molecule has 0 saturated carbocycles. The minimum absolute atomic E-state index is 0.256. The highest BCUT2D eigenvalue weighted by molar-refractivity contribution is 5.06. The number of rotatable bonds is 3. The fraction of sp³-hybridized carbons (Fsp3) is 1.00. The van der Waals surface area contributed by atoms with Gasteiger partial charge in [-0.25, -0.2) is 0 Å². The van der Waals surface area contributed by atoms with Gasteiger partial charge in [-0.15, -0.1) is 0 Å². The van der Waals surface area contributed by atoms with Crippen molar-refractivity contribution in [2.45, 2.75) is 63.2 Å². The fourth-order valence-corrected chi connectivity index (χ4v) is 3.69. The molecule has 2 unspecified atom stereocenters. The summed E-state index contributed by atoms with van der Waals surface area (Å²) in [6, 6.07) is 2.12. The van der Waals surface area contributed by atoms with Gasteiger partial charge in [-0.3, -0.25) is 4.90 Å². The number of nitrogens with two attached hydrogens (primary N) is 1. The lowest BCUT2D eigenvalue weighted by molar-refractivity contribution is 0.000187. The summed E-state index contributed by atoms with van der Waals surface area (Å²) in [4.78, 5) is 5.10. The van der Waals surface area contributed by atoms with Crippen molar-refractivity contribution in [3.63, 3.8) is 0 Å². The minimum atomic E-state index is 0.256. The van der Waals surface area contributed by atoms with E-state index in [2.05, 4.69) is 37.7 Å². The van der Waals surface area contributed by atoms with Crippen LogP contribution in [0.5, 0.6) is 0 Å². The number of hydrogen-bond acceptors (Lipinski definition) is 3. The molecule has 0 aromatic rings. The van der Waals surface area contributed by atoms with E-state index in [4.69, 9.17) is 5.73 Å². The van der Waals surface area contributed by atoms with E-state index in [1.165, 1.54) is 25.7 Å². The van der Waals surface area contributed by atoms with Gasteiger partial charge in [0, 0.05) is 30.2 Å². The van der Waals surface area contributed by atoms with Crippen LogP contribution in [-0.2, 0) is 0 Å². The van der Waals surface area contributed by atoms with Crippen molar-refractivity contribution in [1.82, 2.24) is 9.80 Å². The molecule has 0 radical (unpaired) electrons. The van der Waals surface area contributed by atoms with Crippen molar-refractivity contribution in [3.05, 3.63) is 0 Å². The molecule has 3 nitrogen and oxygen atoms in total. The van der Waals surface area contributed by atoms with E-state index < -0.39 is 0 Å². The van der Waals surface area contributed by atoms with Gasteiger partial charge in [-0.05, 0) is 53.6 Å². The first-order chi connectivity index (χ1) is 7.50. The second kappa shape index (κ2) is 4.28. The normalized spacial score (nSPS) is 39.9. The van der Waals surface area contributed by atoms with Crippen LogP contribution in [0.15, 0.2) is 0 Å². The maximum atomic E-state index is 6.11. The number of hydrogen-bond donors (Lipinski definition) is 1. The van der Waals surface area contributed by atoms with Crippen molar-refractivity contribution in [1.29, 1.82) is 0 Å². The number of nitrogens with zero attached hydrogens (tertiary/aromatic N) is 2. The third-order valence-corrected chi connectivity index (χ3v) is 5.12. The number of fused-ring (bicyclic) bond motifs is 2. The van der Waals surface area contributed by atoms with E-state index in [0.29, 0.717) is 6.04 Å². The van der Waals surface area contributed by atoms with E-state index in [0.717, 1.165) is 18.6 Å². The third-order valence-electron chi connectivity index (χ3n) is 5.12. The van der Waals surface area contributed by atoms with Gasteiger partial charge >= 0.3 is 0 Å². The van der Waals surface area contributed by atoms with Crippen LogP contribution in [0.3, 0.4) is 0 Å². The van der Waals surface area contributed by atoms with Crippen molar-refractivity contribution < 1.29 is 0 Å². The Bertz CT molecular complexity index is 238. The topological polar surface area (TPSA) is 32.5 Å². The third kappa shape index (κ3) is 1.79. The largest absolute Gasteiger partial charge is 0.329 e. The van der Waals surface area contributed by atoms with Gasteiger partial charge in [0.05, 0.1) is 0 Å². The predicted molar refractivity (Wildman–Crippen MR) is 68.5 cm³/mol. The molecule has 0 spiro atoms. The average Bonchev–Trinajstić information content (AvgIpc) is 2.52. The molecule has 2 N–H and O–H groups in total. The molecule has 94 valence electrons. The molecule has 0 aromatic carbocycles. The molecule has 16 heavy (non-hydrogen) atoms. The Morgan fingerprint density at radius 1 is 1.31 bits per heavy atom. The van der Waals surface area contributed by atoms with Crippen molar-refractivity contribution in [2.24, 2.45) is 5.73 Å². The van der Waals surface area contributed by atoms with Gasteiger partial charge in [-0.1, -0.05) is 0 Å². The quantitative estimate of drug-likeness (QED) is 0.785. The lowest BCUT2D eigenvalue weighted by Gasteiger charge is -2.51. The Labute approximate surface area is 100.0 Å². The SMILES string of the molecule is CC(C)N(C)C1(CN)CC2CCC(C1)N2C. The van der Waals surface area contributed by atoms with Crippen molar-refractivity contribution in [2.75, 3.05) is 20.6 Å². The van der Waals surface area contributed by atoms with Gasteiger partial charge in [-0.2, -0.15) is 0 Å². The highest BCUT2D eigenvalue weighted by Crippen LogP contribution is 2.42. The first-order valence-corrected chi connectivity index (χ1v) is 6.65. The number of piperidine rings is 1. The Kier molecular flexibility index (Phi) is 3.30. The van der Waals surface area contributed by atoms with Gasteiger partial charge < -0.3 is 10.6 Å². The van der Waals surface area contributed by atoms with E-state index in [1.54, 1.807) is 0 Å². The first-order valence-electron chi connectivity index (χ1n) is 6.65. The smallest absolute Gasteiger partial charge is 0.0361 e. The van der Waals surface area contributed by atoms with Crippen LogP contribution >= 0.6 is 0 Å². The standard InChI is InChI=1S/C13H27N3/c1-10(2)16(4)13(9-14)7-11-5-6-12(8-13)15(11)3/h10-12H,5-9,14H2,1-4H3. The molecule has 0 amide bonds. The summed E-state index contributed by atoms with van der Waals surface area (Å²) in [6.45, 7) is 5.36. The molecule has 2 aliphatic heterocycles. The summed E-state index contributed by atoms with van der Waals surface area (Å²) in [5.41, 5.74) is 6.37. The van der Waals surface area contributed by atoms with E-state index in [9.17, 15) is 0 Å². The fourth-order valence-electron chi connectivity index (χ4n) is 3.69. The molecular formula is C13H27N3. The molecule has 2 heterocycles. The molecular weight excluding hydrogens is 198 g/mol. The Hall–Kier alpha value is -0.120. The molecule has 0 aromatic heterocycles. The second-order valence-electron chi connectivity index (χ2n) is 6.09. The van der Waals surface area contributed by atoms with Crippen LogP contribution in [0.25, 0.3) is 0 Å². The average molecular weight is 225 g/mol. The van der Waals surface area contributed by atoms with E-state index >= 15 is 0 Å². The summed E-state index contributed by atoms with van der Waals surface area (Å²) >= 11 is 0. The molecule has 0 aliphatic carbocycles. The second-order valence-corrected chi connectivity index (χ2v) is 6.09. The van der Waals surface area contributed by atoms with Crippen LogP contribution in [-0.4, -0.2) is 54.1 Å². The minimum Gasteiger partial charge on any atom is -0.329 e. The van der Waals surface area contributed by atoms with Crippen LogP contribution in [0.2, 0.25) is 0 Å². The maximum Gasteiger partial charge on any atom is 0.0361 e.